The summed E-state index contributed by atoms with van der Waals surface area (Å²) in [5, 5.41) is 23.9. The van der Waals surface area contributed by atoms with Crippen LogP contribution in [0.1, 0.15) is 97.0 Å². The van der Waals surface area contributed by atoms with E-state index in [-0.39, 0.29) is 54.0 Å². The van der Waals surface area contributed by atoms with E-state index in [1.165, 1.54) is 0 Å². The number of likely N-dealkylation sites (N-methyl/N-ethyl adjacent to an activating group) is 1. The van der Waals surface area contributed by atoms with Crippen molar-refractivity contribution in [3.05, 3.63) is 41.7 Å². The van der Waals surface area contributed by atoms with Crippen LogP contribution in [-0.2, 0) is 35.1 Å². The highest BCUT2D eigenvalue weighted by atomic mass is 16.5. The van der Waals surface area contributed by atoms with Gasteiger partial charge in [0.25, 0.3) is 0 Å². The lowest BCUT2D eigenvalue weighted by atomic mass is 9.89. The van der Waals surface area contributed by atoms with Gasteiger partial charge in [0.05, 0.1) is 48.7 Å². The minimum Gasteiger partial charge on any atom is -0.379 e. The Kier molecular flexibility index (Phi) is 14.8. The van der Waals surface area contributed by atoms with Gasteiger partial charge in [-0.2, -0.15) is 0 Å². The highest BCUT2D eigenvalue weighted by Gasteiger charge is 2.46. The van der Waals surface area contributed by atoms with Crippen LogP contribution >= 0.6 is 0 Å². The number of amides is 4. The first kappa shape index (κ1) is 42.2. The lowest BCUT2D eigenvalue weighted by Crippen LogP contribution is -2.59. The van der Waals surface area contributed by atoms with E-state index in [4.69, 9.17) is 9.47 Å². The van der Waals surface area contributed by atoms with Crippen LogP contribution in [0.4, 0.5) is 0 Å². The summed E-state index contributed by atoms with van der Waals surface area (Å²) in [6, 6.07) is 7.91. The van der Waals surface area contributed by atoms with Crippen LogP contribution in [0.3, 0.4) is 0 Å². The van der Waals surface area contributed by atoms with E-state index in [2.05, 4.69) is 50.4 Å². The first-order valence-electron chi connectivity index (χ1n) is 20.1. The zero-order chi connectivity index (χ0) is 39.8. The van der Waals surface area contributed by atoms with Gasteiger partial charge < -0.3 is 35.2 Å². The molecule has 0 spiro atoms. The number of benzene rings is 1. The second-order valence-electron chi connectivity index (χ2n) is 16.3. The fourth-order valence-corrected chi connectivity index (χ4v) is 9.12. The van der Waals surface area contributed by atoms with Crippen molar-refractivity contribution in [3.8, 4) is 0 Å². The molecular formula is C40H63N9O6. The molecule has 304 valence electrons. The van der Waals surface area contributed by atoms with Gasteiger partial charge in [0, 0.05) is 40.3 Å². The fourth-order valence-electron chi connectivity index (χ4n) is 9.12. The zero-order valence-corrected chi connectivity index (χ0v) is 33.9. The number of likely N-dealkylation sites (tertiary alicyclic amines) is 1. The van der Waals surface area contributed by atoms with Crippen molar-refractivity contribution in [1.82, 2.24) is 46.4 Å². The molecule has 4 N–H and O–H groups in total. The van der Waals surface area contributed by atoms with Gasteiger partial charge in [0.1, 0.15) is 6.04 Å². The number of H-pyrrole nitrogens is 1. The third-order valence-corrected chi connectivity index (χ3v) is 12.4. The fraction of sp³-hybridized carbons (Fsp3) is 0.725. The maximum absolute atomic E-state index is 14.3. The van der Waals surface area contributed by atoms with E-state index in [1.54, 1.807) is 26.2 Å². The van der Waals surface area contributed by atoms with E-state index in [0.29, 0.717) is 37.2 Å². The maximum atomic E-state index is 14.3. The summed E-state index contributed by atoms with van der Waals surface area (Å²) in [7, 11) is 4.91. The number of carbonyl (C=O) groups excluding carboxylic acids is 4. The Morgan fingerprint density at radius 3 is 2.35 bits per heavy atom. The highest BCUT2D eigenvalue weighted by Crippen LogP contribution is 2.35. The van der Waals surface area contributed by atoms with E-state index >= 15 is 0 Å². The second kappa shape index (κ2) is 19.3. The van der Waals surface area contributed by atoms with Crippen LogP contribution in [0.5, 0.6) is 0 Å². The van der Waals surface area contributed by atoms with Crippen molar-refractivity contribution in [2.45, 2.75) is 134 Å². The Labute approximate surface area is 325 Å². The molecule has 2 bridgehead atoms. The van der Waals surface area contributed by atoms with Crippen molar-refractivity contribution in [2.24, 2.45) is 23.7 Å². The average Bonchev–Trinajstić information content (AvgIpc) is 4.03. The largest absolute Gasteiger partial charge is 0.379 e. The number of methoxy groups -OCH3 is 2. The summed E-state index contributed by atoms with van der Waals surface area (Å²) >= 11 is 0. The molecule has 0 radical (unpaired) electrons. The van der Waals surface area contributed by atoms with Gasteiger partial charge in [-0.3, -0.25) is 19.2 Å². The predicted molar refractivity (Wildman–Crippen MR) is 206 cm³/mol. The van der Waals surface area contributed by atoms with Crippen LogP contribution in [0.2, 0.25) is 0 Å². The Morgan fingerprint density at radius 1 is 1.02 bits per heavy atom. The average molecular weight is 766 g/mol. The van der Waals surface area contributed by atoms with Crippen molar-refractivity contribution in [2.75, 3.05) is 27.8 Å². The summed E-state index contributed by atoms with van der Waals surface area (Å²) in [5.74, 6) is -0.682. The molecule has 3 heterocycles. The smallest absolute Gasteiger partial charge is 0.245 e. The van der Waals surface area contributed by atoms with Crippen LogP contribution in [0, 0.1) is 23.7 Å². The number of ether oxygens (including phenoxy) is 2. The van der Waals surface area contributed by atoms with E-state index in [9.17, 15) is 19.2 Å². The molecule has 4 amide bonds. The monoisotopic (exact) mass is 765 g/mol. The summed E-state index contributed by atoms with van der Waals surface area (Å²) < 4.78 is 12.1. The number of aromatic nitrogens is 4. The minimum atomic E-state index is -0.719. The van der Waals surface area contributed by atoms with E-state index in [0.717, 1.165) is 37.7 Å². The van der Waals surface area contributed by atoms with Crippen molar-refractivity contribution >= 4 is 23.6 Å². The molecule has 2 aromatic rings. The van der Waals surface area contributed by atoms with Crippen molar-refractivity contribution in [1.29, 1.82) is 0 Å². The van der Waals surface area contributed by atoms with Crippen LogP contribution in [-0.4, -0.2) is 124 Å². The molecular weight excluding hydrogens is 702 g/mol. The highest BCUT2D eigenvalue weighted by molar-refractivity contribution is 5.90. The van der Waals surface area contributed by atoms with Gasteiger partial charge in [-0.1, -0.05) is 71.4 Å². The molecule has 5 rings (SSSR count). The zero-order valence-electron chi connectivity index (χ0n) is 33.9. The van der Waals surface area contributed by atoms with Gasteiger partial charge in [0.2, 0.25) is 23.6 Å². The molecule has 3 aliphatic rings. The number of nitrogens with one attached hydrogen (secondary N) is 4. The number of hydrogen-bond acceptors (Lipinski definition) is 10. The third kappa shape index (κ3) is 9.90. The predicted octanol–water partition coefficient (Wildman–Crippen LogP) is 2.80. The molecule has 2 aliphatic heterocycles. The van der Waals surface area contributed by atoms with Gasteiger partial charge in [-0.05, 0) is 65.8 Å². The Hall–Kier alpha value is -3.95. The molecule has 3 fully saturated rings. The number of rotatable bonds is 19. The number of piperidine rings is 1. The molecule has 1 aromatic heterocycles. The number of carbonyl (C=O) groups is 4. The van der Waals surface area contributed by atoms with Gasteiger partial charge in [-0.15, -0.1) is 5.10 Å². The molecule has 55 heavy (non-hydrogen) atoms. The van der Waals surface area contributed by atoms with Crippen LogP contribution in [0.25, 0.3) is 0 Å². The lowest BCUT2D eigenvalue weighted by Gasteiger charge is -2.41. The first-order chi connectivity index (χ1) is 26.4. The number of hydrogen-bond donors (Lipinski definition) is 4. The SMILES string of the molecule is CCC(C)C(C(CC(=O)N1CCC[C@H]1C(OC)C(C)C(=O)NC(Cc1ccccc1)c1nnn[nH]1)OC)N(C)C(=O)C(NC(=O)[C@H]1N[C@@H]2CC[C@H]1C2)C(C)C. The molecule has 2 saturated heterocycles. The van der Waals surface area contributed by atoms with Gasteiger partial charge in [-0.25, -0.2) is 5.10 Å². The molecule has 1 aromatic carbocycles. The molecule has 1 saturated carbocycles. The summed E-state index contributed by atoms with van der Waals surface area (Å²) in [6.07, 6.45) is 4.67. The topological polar surface area (TPSA) is 184 Å². The maximum Gasteiger partial charge on any atom is 0.245 e. The molecule has 15 heteroatoms. The Morgan fingerprint density at radius 2 is 1.76 bits per heavy atom. The molecule has 15 nitrogen and oxygen atoms in total. The van der Waals surface area contributed by atoms with Crippen molar-refractivity contribution < 1.29 is 28.7 Å². The van der Waals surface area contributed by atoms with Gasteiger partial charge in [0.15, 0.2) is 5.82 Å². The Bertz CT molecular complexity index is 1560. The van der Waals surface area contributed by atoms with E-state index in [1.807, 2.05) is 56.0 Å². The third-order valence-electron chi connectivity index (χ3n) is 12.4. The standard InChI is InChI=1S/C40H63N9O6/c1-9-24(4)35(48(6)40(53)33(23(2)3)43-39(52)34-27-17-18-28(21-27)41-34)31(54-7)22-32(50)49-19-13-16-30(49)36(55-8)25(5)38(51)42-29(37-44-46-47-45-37)20-26-14-11-10-12-15-26/h10-12,14-15,23-25,27-31,33-36,41H,9,13,16-22H2,1-8H3,(H,42,51)(H,43,52)(H,44,45,46,47)/t24?,25?,27-,28+,29?,30-,31?,33?,34-,35?,36?/m0/s1. The summed E-state index contributed by atoms with van der Waals surface area (Å²) in [4.78, 5) is 59.3. The number of aromatic amines is 1. The van der Waals surface area contributed by atoms with Crippen LogP contribution < -0.4 is 16.0 Å². The minimum absolute atomic E-state index is 0.00402. The molecule has 7 unspecified atom stereocenters. The number of nitrogens with zero attached hydrogens (tertiary/aromatic N) is 5. The number of fused-ring (bicyclic) bond motifs is 2. The van der Waals surface area contributed by atoms with E-state index < -0.39 is 36.3 Å². The quantitative estimate of drug-likeness (QED) is 0.166. The van der Waals surface area contributed by atoms with Crippen LogP contribution in [0.15, 0.2) is 30.3 Å². The van der Waals surface area contributed by atoms with Gasteiger partial charge >= 0.3 is 0 Å². The summed E-state index contributed by atoms with van der Waals surface area (Å²) in [5.41, 5.74) is 1.01. The number of tetrazole rings is 1. The Balaban J connectivity index is 1.26. The lowest BCUT2D eigenvalue weighted by molar-refractivity contribution is -0.147. The molecule has 11 atom stereocenters. The second-order valence-corrected chi connectivity index (χ2v) is 16.3. The summed E-state index contributed by atoms with van der Waals surface area (Å²) in [6.45, 7) is 10.3. The molecule has 1 aliphatic carbocycles. The normalized spacial score (nSPS) is 24.5. The van der Waals surface area contributed by atoms with Crippen molar-refractivity contribution in [3.63, 3.8) is 0 Å². The first-order valence-corrected chi connectivity index (χ1v) is 20.1.